The second-order valence-electron chi connectivity index (χ2n) is 4.50. The van der Waals surface area contributed by atoms with Crippen molar-refractivity contribution in [1.82, 2.24) is 9.80 Å². The van der Waals surface area contributed by atoms with Crippen LogP contribution >= 0.6 is 0 Å². The molecule has 1 N–H and O–H groups in total. The lowest BCUT2D eigenvalue weighted by Crippen LogP contribution is -2.39. The number of rotatable bonds is 3. The second-order valence-corrected chi connectivity index (χ2v) is 4.50. The lowest BCUT2D eigenvalue weighted by molar-refractivity contribution is -0.129. The first kappa shape index (κ1) is 11.4. The maximum Gasteiger partial charge on any atom is 0.327 e. The van der Waals surface area contributed by atoms with Gasteiger partial charge in [0.2, 0.25) is 0 Å². The molecule has 0 saturated carbocycles. The molecular formula is C11H18N2O3. The largest absolute Gasteiger partial charge is 0.391 e. The molecule has 0 bridgehead atoms. The molecule has 5 nitrogen and oxygen atoms in total. The maximum absolute atomic E-state index is 12.0. The van der Waals surface area contributed by atoms with Crippen LogP contribution in [-0.4, -0.2) is 52.1 Å². The number of imide groups is 1. The van der Waals surface area contributed by atoms with Crippen molar-refractivity contribution in [2.24, 2.45) is 0 Å². The Bertz CT molecular complexity index is 282. The van der Waals surface area contributed by atoms with Gasteiger partial charge in [-0.2, -0.15) is 0 Å². The number of carbonyl (C=O) groups excluding carboxylic acids is 2. The normalized spacial score (nSPS) is 27.2. The van der Waals surface area contributed by atoms with E-state index in [0.717, 1.165) is 19.3 Å². The minimum Gasteiger partial charge on any atom is -0.391 e. The highest BCUT2D eigenvalue weighted by atomic mass is 16.3. The van der Waals surface area contributed by atoms with Crippen molar-refractivity contribution in [3.63, 3.8) is 0 Å². The summed E-state index contributed by atoms with van der Waals surface area (Å²) in [6, 6.07) is -0.479. The van der Waals surface area contributed by atoms with E-state index in [1.54, 1.807) is 4.90 Å². The summed E-state index contributed by atoms with van der Waals surface area (Å²) in [5, 5.41) is 9.52. The fourth-order valence-corrected chi connectivity index (χ4v) is 2.35. The van der Waals surface area contributed by atoms with Gasteiger partial charge < -0.3 is 10.0 Å². The first-order chi connectivity index (χ1) is 7.65. The quantitative estimate of drug-likeness (QED) is 0.716. The average molecular weight is 226 g/mol. The predicted molar refractivity (Wildman–Crippen MR) is 57.8 cm³/mol. The Morgan fingerprint density at radius 1 is 1.44 bits per heavy atom. The van der Waals surface area contributed by atoms with Gasteiger partial charge in [0.25, 0.3) is 5.91 Å². The fraction of sp³-hybridized carbons (Fsp3) is 0.818. The van der Waals surface area contributed by atoms with E-state index >= 15 is 0 Å². The van der Waals surface area contributed by atoms with Gasteiger partial charge in [0.05, 0.1) is 12.6 Å². The predicted octanol–water partition coefficient (Wildman–Crippen LogP) is 0.574. The molecule has 0 radical (unpaired) electrons. The topological polar surface area (TPSA) is 60.9 Å². The van der Waals surface area contributed by atoms with Crippen LogP contribution in [0.1, 0.15) is 32.6 Å². The van der Waals surface area contributed by atoms with Gasteiger partial charge in [0, 0.05) is 6.54 Å². The molecule has 2 rings (SSSR count). The molecule has 0 aromatic rings. The Balaban J connectivity index is 2.09. The lowest BCUT2D eigenvalue weighted by atomic mass is 10.0. The molecule has 90 valence electrons. The van der Waals surface area contributed by atoms with Crippen LogP contribution in [0.15, 0.2) is 0 Å². The summed E-state index contributed by atoms with van der Waals surface area (Å²) < 4.78 is 0. The number of hydrogen-bond donors (Lipinski definition) is 1. The van der Waals surface area contributed by atoms with Gasteiger partial charge >= 0.3 is 6.03 Å². The minimum atomic E-state index is -0.603. The maximum atomic E-state index is 12.0. The van der Waals surface area contributed by atoms with E-state index in [9.17, 15) is 14.7 Å². The number of aliphatic hydroxyl groups excluding tert-OH is 1. The number of β-amino-alcohol motifs (C(OH)–C–C–N with tert-alkyl or cyclic N) is 1. The van der Waals surface area contributed by atoms with Crippen molar-refractivity contribution in [3.8, 4) is 0 Å². The Labute approximate surface area is 95.0 Å². The molecule has 16 heavy (non-hydrogen) atoms. The van der Waals surface area contributed by atoms with Crippen molar-refractivity contribution in [2.45, 2.75) is 44.8 Å². The Morgan fingerprint density at radius 3 is 2.81 bits per heavy atom. The Hall–Kier alpha value is -1.10. The summed E-state index contributed by atoms with van der Waals surface area (Å²) in [6.45, 7) is 2.65. The highest BCUT2D eigenvalue weighted by molar-refractivity contribution is 6.04. The van der Waals surface area contributed by atoms with E-state index in [-0.39, 0.29) is 24.5 Å². The summed E-state index contributed by atoms with van der Waals surface area (Å²) in [7, 11) is 0. The van der Waals surface area contributed by atoms with Crippen LogP contribution in [0.2, 0.25) is 0 Å². The van der Waals surface area contributed by atoms with E-state index in [1.807, 2.05) is 6.92 Å². The number of piperidine rings is 1. The zero-order chi connectivity index (χ0) is 11.7. The zero-order valence-corrected chi connectivity index (χ0v) is 9.56. The number of fused-ring (bicyclic) bond motifs is 1. The van der Waals surface area contributed by atoms with E-state index in [1.165, 1.54) is 4.90 Å². The summed E-state index contributed by atoms with van der Waals surface area (Å²) in [6.07, 6.45) is 2.70. The molecule has 2 aliphatic heterocycles. The number of carbonyl (C=O) groups is 2. The molecule has 0 aromatic carbocycles. The molecular weight excluding hydrogens is 208 g/mol. The Kier molecular flexibility index (Phi) is 3.14. The van der Waals surface area contributed by atoms with Crippen molar-refractivity contribution in [2.75, 3.05) is 13.1 Å². The van der Waals surface area contributed by atoms with Crippen LogP contribution in [0.25, 0.3) is 0 Å². The lowest BCUT2D eigenvalue weighted by Gasteiger charge is -2.26. The van der Waals surface area contributed by atoms with E-state index < -0.39 is 6.10 Å². The molecule has 5 heteroatoms. The van der Waals surface area contributed by atoms with E-state index in [0.29, 0.717) is 13.0 Å². The molecule has 0 spiro atoms. The van der Waals surface area contributed by atoms with Crippen molar-refractivity contribution >= 4 is 11.9 Å². The molecule has 0 aromatic heterocycles. The standard InChI is InChI=1S/C11H18N2O3/c1-2-8(14)7-13-10(15)9-5-3-4-6-12(9)11(13)16/h8-9,14H,2-7H2,1H3/t8-,9+/m0/s1. The smallest absolute Gasteiger partial charge is 0.327 e. The molecule has 2 atom stereocenters. The van der Waals surface area contributed by atoms with E-state index in [2.05, 4.69) is 0 Å². The summed E-state index contributed by atoms with van der Waals surface area (Å²) in [5.41, 5.74) is 0. The van der Waals surface area contributed by atoms with Gasteiger partial charge in [-0.3, -0.25) is 9.69 Å². The molecule has 0 aliphatic carbocycles. The van der Waals surface area contributed by atoms with Gasteiger partial charge in [-0.15, -0.1) is 0 Å². The number of amides is 3. The average Bonchev–Trinajstić information content (AvgIpc) is 2.55. The van der Waals surface area contributed by atoms with Gasteiger partial charge in [0.1, 0.15) is 6.04 Å². The van der Waals surface area contributed by atoms with Crippen molar-refractivity contribution in [1.29, 1.82) is 0 Å². The van der Waals surface area contributed by atoms with Crippen molar-refractivity contribution < 1.29 is 14.7 Å². The Morgan fingerprint density at radius 2 is 2.19 bits per heavy atom. The van der Waals surface area contributed by atoms with Crippen LogP contribution in [0, 0.1) is 0 Å². The van der Waals surface area contributed by atoms with Gasteiger partial charge in [-0.05, 0) is 25.7 Å². The second kappa shape index (κ2) is 4.41. The highest BCUT2D eigenvalue weighted by Gasteiger charge is 2.45. The first-order valence-corrected chi connectivity index (χ1v) is 5.95. The van der Waals surface area contributed by atoms with Crippen LogP contribution in [0.4, 0.5) is 4.79 Å². The van der Waals surface area contributed by atoms with E-state index in [4.69, 9.17) is 0 Å². The van der Waals surface area contributed by atoms with Crippen molar-refractivity contribution in [3.05, 3.63) is 0 Å². The van der Waals surface area contributed by atoms with Crippen LogP contribution in [-0.2, 0) is 4.79 Å². The fourth-order valence-electron chi connectivity index (χ4n) is 2.35. The number of aliphatic hydroxyl groups is 1. The monoisotopic (exact) mass is 226 g/mol. The molecule has 2 aliphatic rings. The van der Waals surface area contributed by atoms with Gasteiger partial charge in [-0.1, -0.05) is 6.92 Å². The number of nitrogens with zero attached hydrogens (tertiary/aromatic N) is 2. The highest BCUT2D eigenvalue weighted by Crippen LogP contribution is 2.26. The first-order valence-electron chi connectivity index (χ1n) is 5.95. The van der Waals surface area contributed by atoms with Crippen LogP contribution < -0.4 is 0 Å². The van der Waals surface area contributed by atoms with Crippen LogP contribution in [0.5, 0.6) is 0 Å². The molecule has 2 saturated heterocycles. The minimum absolute atomic E-state index is 0.128. The van der Waals surface area contributed by atoms with Gasteiger partial charge in [-0.25, -0.2) is 4.79 Å². The molecule has 2 heterocycles. The third kappa shape index (κ3) is 1.80. The van der Waals surface area contributed by atoms with Crippen LogP contribution in [0.3, 0.4) is 0 Å². The third-order valence-corrected chi connectivity index (χ3v) is 3.40. The third-order valence-electron chi connectivity index (χ3n) is 3.40. The molecule has 2 fully saturated rings. The van der Waals surface area contributed by atoms with Gasteiger partial charge in [0.15, 0.2) is 0 Å². The number of hydrogen-bond acceptors (Lipinski definition) is 3. The number of urea groups is 1. The zero-order valence-electron chi connectivity index (χ0n) is 9.56. The summed E-state index contributed by atoms with van der Waals surface area (Å²) in [4.78, 5) is 26.7. The summed E-state index contributed by atoms with van der Waals surface area (Å²) >= 11 is 0. The molecule has 0 unspecified atom stereocenters. The SMILES string of the molecule is CC[C@H](O)CN1C(=O)[C@H]2CCCCN2C1=O. The summed E-state index contributed by atoms with van der Waals surface area (Å²) in [5.74, 6) is -0.128. The molecule has 3 amide bonds.